The molecule has 0 aliphatic heterocycles. The number of hydrogen-bond acceptors (Lipinski definition) is 2. The molecule has 4 heteroatoms. The van der Waals surface area contributed by atoms with Gasteiger partial charge in [0.25, 0.3) is 0 Å². The quantitative estimate of drug-likeness (QED) is 0.897. The van der Waals surface area contributed by atoms with Gasteiger partial charge in [-0.2, -0.15) is 5.10 Å². The van der Waals surface area contributed by atoms with Gasteiger partial charge in [-0.25, -0.2) is 0 Å². The maximum atomic E-state index is 6.42. The first-order valence-corrected chi connectivity index (χ1v) is 7.91. The first kappa shape index (κ1) is 14.9. The van der Waals surface area contributed by atoms with Gasteiger partial charge in [0.2, 0.25) is 0 Å². The minimum absolute atomic E-state index is 0.674. The molecule has 0 bridgehead atoms. The summed E-state index contributed by atoms with van der Waals surface area (Å²) in [6.45, 7) is 10.7. The van der Waals surface area contributed by atoms with Crippen LogP contribution in [0.2, 0.25) is 5.02 Å². The summed E-state index contributed by atoms with van der Waals surface area (Å²) in [7, 11) is 0. The van der Waals surface area contributed by atoms with Crippen molar-refractivity contribution in [2.75, 3.05) is 6.54 Å². The van der Waals surface area contributed by atoms with Crippen LogP contribution in [0.4, 0.5) is 0 Å². The van der Waals surface area contributed by atoms with E-state index in [-0.39, 0.29) is 0 Å². The van der Waals surface area contributed by atoms with Gasteiger partial charge in [-0.3, -0.25) is 4.68 Å². The molecule has 1 N–H and O–H groups in total. The SMILES string of the molecule is CCNC1CCC(Cc2c(Cl)c(C)nn2CC)C1C. The summed E-state index contributed by atoms with van der Waals surface area (Å²) < 4.78 is 2.07. The maximum absolute atomic E-state index is 6.42. The largest absolute Gasteiger partial charge is 0.314 e. The zero-order chi connectivity index (χ0) is 14.0. The van der Waals surface area contributed by atoms with Crippen molar-refractivity contribution in [2.24, 2.45) is 11.8 Å². The number of hydrogen-bond donors (Lipinski definition) is 1. The van der Waals surface area contributed by atoms with Crippen LogP contribution in [0.1, 0.15) is 45.0 Å². The monoisotopic (exact) mass is 283 g/mol. The normalized spacial score (nSPS) is 27.1. The molecule has 0 radical (unpaired) electrons. The Kier molecular flexibility index (Phi) is 4.91. The molecule has 1 aliphatic rings. The highest BCUT2D eigenvalue weighted by Gasteiger charge is 2.33. The van der Waals surface area contributed by atoms with Gasteiger partial charge >= 0.3 is 0 Å². The molecule has 1 fully saturated rings. The molecular weight excluding hydrogens is 258 g/mol. The third kappa shape index (κ3) is 2.97. The second-order valence-corrected chi connectivity index (χ2v) is 6.10. The van der Waals surface area contributed by atoms with Gasteiger partial charge < -0.3 is 5.32 Å². The molecule has 0 amide bonds. The first-order valence-electron chi connectivity index (χ1n) is 7.53. The fourth-order valence-corrected chi connectivity index (χ4v) is 3.61. The zero-order valence-corrected chi connectivity index (χ0v) is 13.3. The van der Waals surface area contributed by atoms with Crippen molar-refractivity contribution in [1.29, 1.82) is 0 Å². The van der Waals surface area contributed by atoms with Crippen molar-refractivity contribution in [3.05, 3.63) is 16.4 Å². The fourth-order valence-electron chi connectivity index (χ4n) is 3.40. The molecule has 2 rings (SSSR count). The average molecular weight is 284 g/mol. The Labute approximate surface area is 121 Å². The van der Waals surface area contributed by atoms with Gasteiger partial charge in [-0.15, -0.1) is 0 Å². The molecular formula is C15H26ClN3. The third-order valence-corrected chi connectivity index (χ3v) is 5.09. The van der Waals surface area contributed by atoms with E-state index in [1.54, 1.807) is 0 Å². The smallest absolute Gasteiger partial charge is 0.0847 e. The highest BCUT2D eigenvalue weighted by Crippen LogP contribution is 2.36. The van der Waals surface area contributed by atoms with Crippen LogP contribution >= 0.6 is 11.6 Å². The van der Waals surface area contributed by atoms with E-state index in [2.05, 4.69) is 35.9 Å². The van der Waals surface area contributed by atoms with E-state index in [0.717, 1.165) is 42.1 Å². The van der Waals surface area contributed by atoms with Crippen molar-refractivity contribution >= 4 is 11.6 Å². The van der Waals surface area contributed by atoms with E-state index < -0.39 is 0 Å². The van der Waals surface area contributed by atoms with Gasteiger partial charge in [0.1, 0.15) is 0 Å². The molecule has 108 valence electrons. The lowest BCUT2D eigenvalue weighted by atomic mass is 9.91. The maximum Gasteiger partial charge on any atom is 0.0847 e. The van der Waals surface area contributed by atoms with E-state index in [1.165, 1.54) is 18.5 Å². The second kappa shape index (κ2) is 6.27. The van der Waals surface area contributed by atoms with Gasteiger partial charge in [-0.05, 0) is 51.5 Å². The van der Waals surface area contributed by atoms with Crippen molar-refractivity contribution in [2.45, 2.75) is 59.5 Å². The van der Waals surface area contributed by atoms with Gasteiger partial charge in [0.05, 0.1) is 16.4 Å². The van der Waals surface area contributed by atoms with Crippen LogP contribution in [0.5, 0.6) is 0 Å². The third-order valence-electron chi connectivity index (χ3n) is 4.60. The van der Waals surface area contributed by atoms with Crippen molar-refractivity contribution in [1.82, 2.24) is 15.1 Å². The van der Waals surface area contributed by atoms with Crippen LogP contribution in [0, 0.1) is 18.8 Å². The van der Waals surface area contributed by atoms with E-state index in [1.807, 2.05) is 6.92 Å². The van der Waals surface area contributed by atoms with E-state index in [4.69, 9.17) is 11.6 Å². The fraction of sp³-hybridized carbons (Fsp3) is 0.800. The Hall–Kier alpha value is -0.540. The minimum Gasteiger partial charge on any atom is -0.314 e. The Balaban J connectivity index is 2.10. The molecule has 0 aromatic carbocycles. The van der Waals surface area contributed by atoms with Crippen LogP contribution in [-0.2, 0) is 13.0 Å². The lowest BCUT2D eigenvalue weighted by molar-refractivity contribution is 0.349. The molecule has 3 nitrogen and oxygen atoms in total. The molecule has 1 saturated carbocycles. The zero-order valence-electron chi connectivity index (χ0n) is 12.5. The summed E-state index contributed by atoms with van der Waals surface area (Å²) >= 11 is 6.42. The summed E-state index contributed by atoms with van der Waals surface area (Å²) in [5.41, 5.74) is 2.20. The summed E-state index contributed by atoms with van der Waals surface area (Å²) in [4.78, 5) is 0. The number of aromatic nitrogens is 2. The van der Waals surface area contributed by atoms with Gasteiger partial charge in [0, 0.05) is 12.6 Å². The standard InChI is InChI=1S/C15H26ClN3/c1-5-17-13-8-7-12(10(13)3)9-14-15(16)11(4)18-19(14)6-2/h10,12-13,17H,5-9H2,1-4H3. The minimum atomic E-state index is 0.674. The molecule has 0 spiro atoms. The number of aryl methyl sites for hydroxylation is 2. The van der Waals surface area contributed by atoms with E-state index >= 15 is 0 Å². The predicted octanol–water partition coefficient (Wildman–Crippen LogP) is 3.43. The van der Waals surface area contributed by atoms with Crippen LogP contribution in [0.15, 0.2) is 0 Å². The molecule has 3 atom stereocenters. The average Bonchev–Trinajstić information content (AvgIpc) is 2.87. The summed E-state index contributed by atoms with van der Waals surface area (Å²) in [6.07, 6.45) is 3.65. The molecule has 3 unspecified atom stereocenters. The van der Waals surface area contributed by atoms with Crippen molar-refractivity contribution < 1.29 is 0 Å². The number of nitrogens with zero attached hydrogens (tertiary/aromatic N) is 2. The summed E-state index contributed by atoms with van der Waals surface area (Å²) in [6, 6.07) is 0.674. The van der Waals surface area contributed by atoms with Crippen molar-refractivity contribution in [3.8, 4) is 0 Å². The number of rotatable bonds is 5. The van der Waals surface area contributed by atoms with Crippen LogP contribution in [0.3, 0.4) is 0 Å². The molecule has 1 aromatic heterocycles. The lowest BCUT2D eigenvalue weighted by Crippen LogP contribution is -2.32. The van der Waals surface area contributed by atoms with Crippen LogP contribution < -0.4 is 5.32 Å². The topological polar surface area (TPSA) is 29.9 Å². The van der Waals surface area contributed by atoms with E-state index in [0.29, 0.717) is 6.04 Å². The number of halogens is 1. The van der Waals surface area contributed by atoms with E-state index in [9.17, 15) is 0 Å². The highest BCUT2D eigenvalue weighted by molar-refractivity contribution is 6.31. The van der Waals surface area contributed by atoms with Crippen LogP contribution in [-0.4, -0.2) is 22.4 Å². The Morgan fingerprint density at radius 1 is 1.37 bits per heavy atom. The second-order valence-electron chi connectivity index (χ2n) is 5.73. The van der Waals surface area contributed by atoms with Gasteiger partial charge in [-0.1, -0.05) is 25.4 Å². The number of nitrogens with one attached hydrogen (secondary N) is 1. The Morgan fingerprint density at radius 2 is 2.11 bits per heavy atom. The Bertz CT molecular complexity index is 427. The summed E-state index contributed by atoms with van der Waals surface area (Å²) in [5.74, 6) is 1.44. The van der Waals surface area contributed by atoms with Crippen LogP contribution in [0.25, 0.3) is 0 Å². The molecule has 19 heavy (non-hydrogen) atoms. The lowest BCUT2D eigenvalue weighted by Gasteiger charge is -2.21. The molecule has 1 aromatic rings. The predicted molar refractivity (Wildman–Crippen MR) is 80.7 cm³/mol. The molecule has 0 saturated heterocycles. The Morgan fingerprint density at radius 3 is 2.74 bits per heavy atom. The van der Waals surface area contributed by atoms with Crippen molar-refractivity contribution in [3.63, 3.8) is 0 Å². The highest BCUT2D eigenvalue weighted by atomic mass is 35.5. The molecule has 1 heterocycles. The first-order chi connectivity index (χ1) is 9.08. The van der Waals surface area contributed by atoms with Gasteiger partial charge in [0.15, 0.2) is 0 Å². The summed E-state index contributed by atoms with van der Waals surface area (Å²) in [5, 5.41) is 9.00. The molecule has 1 aliphatic carbocycles.